The van der Waals surface area contributed by atoms with E-state index < -0.39 is 5.63 Å². The fourth-order valence-corrected chi connectivity index (χ4v) is 1.68. The lowest BCUT2D eigenvalue weighted by atomic mass is 10.1. The van der Waals surface area contributed by atoms with Gasteiger partial charge in [0.05, 0.1) is 5.02 Å². The average molecular weight is 297 g/mol. The molecule has 1 aromatic carbocycles. The molecule has 4 heteroatoms. The van der Waals surface area contributed by atoms with Crippen molar-refractivity contribution in [3.8, 4) is 23.7 Å². The lowest BCUT2D eigenvalue weighted by Crippen LogP contribution is -1.96. The zero-order valence-corrected chi connectivity index (χ0v) is 11.8. The van der Waals surface area contributed by atoms with Gasteiger partial charge in [0.1, 0.15) is 0 Å². The number of rotatable bonds is 1. The third kappa shape index (κ3) is 4.38. The second kappa shape index (κ2) is 6.61. The first-order chi connectivity index (χ1) is 10.0. The van der Waals surface area contributed by atoms with Crippen LogP contribution in [0.3, 0.4) is 0 Å². The van der Waals surface area contributed by atoms with E-state index in [0.717, 1.165) is 11.6 Å². The molecule has 2 rings (SSSR count). The second-order valence-corrected chi connectivity index (χ2v) is 4.53. The largest absolute Gasteiger partial charge is 0.414 e. The Morgan fingerprint density at radius 1 is 1.10 bits per heavy atom. The number of benzene rings is 1. The van der Waals surface area contributed by atoms with Gasteiger partial charge >= 0.3 is 5.63 Å². The molecule has 21 heavy (non-hydrogen) atoms. The molecule has 0 saturated heterocycles. The van der Waals surface area contributed by atoms with Crippen LogP contribution in [0.4, 0.5) is 0 Å². The molecule has 1 aromatic heterocycles. The summed E-state index contributed by atoms with van der Waals surface area (Å²) in [7, 11) is 0. The quantitative estimate of drug-likeness (QED) is 0.600. The van der Waals surface area contributed by atoms with Crippen molar-refractivity contribution in [2.45, 2.75) is 6.92 Å². The van der Waals surface area contributed by atoms with Gasteiger partial charge in [-0.3, -0.25) is 4.79 Å². The van der Waals surface area contributed by atoms with Gasteiger partial charge in [-0.25, -0.2) is 4.79 Å². The predicted octanol–water partition coefficient (Wildman–Crippen LogP) is 2.90. The fourth-order valence-electron chi connectivity index (χ4n) is 1.49. The zero-order chi connectivity index (χ0) is 15.2. The molecule has 0 radical (unpaired) electrons. The Bertz CT molecular complexity index is 853. The van der Waals surface area contributed by atoms with Gasteiger partial charge in [-0.05, 0) is 36.8 Å². The molecule has 0 N–H and O–H groups in total. The molecule has 0 unspecified atom stereocenters. The Kier molecular flexibility index (Phi) is 4.61. The highest BCUT2D eigenvalue weighted by molar-refractivity contribution is 6.30. The molecule has 0 spiro atoms. The normalized spacial score (nSPS) is 9.05. The number of ketones is 1. The fraction of sp³-hybridized carbons (Fsp3) is 0.0588. The minimum atomic E-state index is -0.556. The molecule has 0 aliphatic carbocycles. The molecule has 102 valence electrons. The van der Waals surface area contributed by atoms with Crippen LogP contribution in [0.1, 0.15) is 28.6 Å². The Labute approximate surface area is 126 Å². The van der Waals surface area contributed by atoms with E-state index in [4.69, 9.17) is 16.0 Å². The van der Waals surface area contributed by atoms with E-state index in [1.165, 1.54) is 13.0 Å². The van der Waals surface area contributed by atoms with Gasteiger partial charge in [0.2, 0.25) is 0 Å². The highest BCUT2D eigenvalue weighted by Gasteiger charge is 1.97. The van der Waals surface area contributed by atoms with E-state index in [-0.39, 0.29) is 16.6 Å². The number of hydrogen-bond acceptors (Lipinski definition) is 3. The van der Waals surface area contributed by atoms with Crippen LogP contribution in [-0.2, 0) is 0 Å². The molecule has 1 heterocycles. The minimum Gasteiger partial charge on any atom is -0.414 e. The molecule has 3 nitrogen and oxygen atoms in total. The van der Waals surface area contributed by atoms with E-state index in [2.05, 4.69) is 23.7 Å². The highest BCUT2D eigenvalue weighted by Crippen LogP contribution is 2.06. The van der Waals surface area contributed by atoms with Crippen molar-refractivity contribution in [3.05, 3.63) is 68.7 Å². The van der Waals surface area contributed by atoms with Crippen molar-refractivity contribution in [1.29, 1.82) is 0 Å². The molecule has 0 atom stereocenters. The van der Waals surface area contributed by atoms with E-state index in [1.807, 2.05) is 0 Å². The van der Waals surface area contributed by atoms with Crippen molar-refractivity contribution < 1.29 is 9.21 Å². The Morgan fingerprint density at radius 3 is 2.38 bits per heavy atom. The first kappa shape index (κ1) is 14.7. The molecule has 0 saturated carbocycles. The Balaban J connectivity index is 2.15. The molecule has 0 bridgehead atoms. The van der Waals surface area contributed by atoms with Crippen molar-refractivity contribution in [1.82, 2.24) is 0 Å². The predicted molar refractivity (Wildman–Crippen MR) is 80.2 cm³/mol. The average Bonchev–Trinajstić information content (AvgIpc) is 2.43. The zero-order valence-electron chi connectivity index (χ0n) is 11.1. The van der Waals surface area contributed by atoms with Crippen LogP contribution >= 0.6 is 11.6 Å². The van der Waals surface area contributed by atoms with Crippen LogP contribution in [-0.4, -0.2) is 5.78 Å². The summed E-state index contributed by atoms with van der Waals surface area (Å²) in [6, 6.07) is 9.50. The first-order valence-electron chi connectivity index (χ1n) is 5.98. The van der Waals surface area contributed by atoms with Crippen molar-refractivity contribution in [2.75, 3.05) is 0 Å². The SMILES string of the molecule is CC(=O)c1ccc(C#CC#Cc2cc(Cl)cc(=O)o2)cc1. The maximum Gasteiger partial charge on any atom is 0.338 e. The van der Waals surface area contributed by atoms with Gasteiger partial charge in [-0.2, -0.15) is 0 Å². The van der Waals surface area contributed by atoms with Crippen LogP contribution in [0.2, 0.25) is 5.02 Å². The molecular weight excluding hydrogens is 288 g/mol. The summed E-state index contributed by atoms with van der Waals surface area (Å²) >= 11 is 5.71. The van der Waals surface area contributed by atoms with Crippen molar-refractivity contribution >= 4 is 17.4 Å². The van der Waals surface area contributed by atoms with Gasteiger partial charge in [0.15, 0.2) is 11.5 Å². The van der Waals surface area contributed by atoms with Crippen LogP contribution < -0.4 is 5.63 Å². The lowest BCUT2D eigenvalue weighted by Gasteiger charge is -1.93. The van der Waals surface area contributed by atoms with Gasteiger partial charge in [0, 0.05) is 23.3 Å². The number of Topliss-reactive ketones (excluding diaryl/α,β-unsaturated/α-hetero) is 1. The van der Waals surface area contributed by atoms with E-state index in [9.17, 15) is 9.59 Å². The van der Waals surface area contributed by atoms with Gasteiger partial charge in [-0.15, -0.1) is 0 Å². The standard InChI is InChI=1S/C17H9ClO3/c1-12(19)14-8-6-13(7-9-14)4-2-3-5-16-10-15(18)11-17(20)21-16/h6-11H,1H3. The van der Waals surface area contributed by atoms with E-state index >= 15 is 0 Å². The third-order valence-corrected chi connectivity index (χ3v) is 2.70. The van der Waals surface area contributed by atoms with Crippen LogP contribution in [0.5, 0.6) is 0 Å². The van der Waals surface area contributed by atoms with E-state index in [0.29, 0.717) is 5.56 Å². The Hall–Kier alpha value is -2.75. The monoisotopic (exact) mass is 296 g/mol. The maximum absolute atomic E-state index is 11.1. The van der Waals surface area contributed by atoms with Crippen LogP contribution in [0.15, 0.2) is 45.6 Å². The third-order valence-electron chi connectivity index (χ3n) is 2.48. The van der Waals surface area contributed by atoms with Crippen molar-refractivity contribution in [2.24, 2.45) is 0 Å². The summed E-state index contributed by atoms with van der Waals surface area (Å²) in [6.07, 6.45) is 0. The maximum atomic E-state index is 11.1. The molecular formula is C17H9ClO3. The lowest BCUT2D eigenvalue weighted by molar-refractivity contribution is 0.101. The van der Waals surface area contributed by atoms with Crippen molar-refractivity contribution in [3.63, 3.8) is 0 Å². The smallest absolute Gasteiger partial charge is 0.338 e. The number of hydrogen-bond donors (Lipinski definition) is 0. The Morgan fingerprint density at radius 2 is 1.76 bits per heavy atom. The highest BCUT2D eigenvalue weighted by atomic mass is 35.5. The first-order valence-corrected chi connectivity index (χ1v) is 6.36. The molecule has 0 amide bonds. The van der Waals surface area contributed by atoms with Crippen LogP contribution in [0, 0.1) is 23.7 Å². The van der Waals surface area contributed by atoms with Gasteiger partial charge in [0.25, 0.3) is 0 Å². The summed E-state index contributed by atoms with van der Waals surface area (Å²) in [5, 5.41) is 0.267. The molecule has 0 fully saturated rings. The molecule has 0 aliphatic heterocycles. The van der Waals surface area contributed by atoms with Gasteiger partial charge in [-0.1, -0.05) is 29.7 Å². The number of carbonyl (C=O) groups excluding carboxylic acids is 1. The minimum absolute atomic E-state index is 0.00489. The van der Waals surface area contributed by atoms with Crippen LogP contribution in [0.25, 0.3) is 0 Å². The molecule has 0 aliphatic rings. The van der Waals surface area contributed by atoms with Gasteiger partial charge < -0.3 is 4.42 Å². The number of carbonyl (C=O) groups is 1. The summed E-state index contributed by atoms with van der Waals surface area (Å²) < 4.78 is 4.83. The van der Waals surface area contributed by atoms with E-state index in [1.54, 1.807) is 24.3 Å². The summed E-state index contributed by atoms with van der Waals surface area (Å²) in [5.41, 5.74) is 0.814. The number of halogens is 1. The summed E-state index contributed by atoms with van der Waals surface area (Å²) in [5.74, 6) is 10.8. The topological polar surface area (TPSA) is 47.3 Å². The summed E-state index contributed by atoms with van der Waals surface area (Å²) in [4.78, 5) is 22.2. The second-order valence-electron chi connectivity index (χ2n) is 4.09. The summed E-state index contributed by atoms with van der Waals surface area (Å²) in [6.45, 7) is 1.50. The molecule has 2 aromatic rings.